The van der Waals surface area contributed by atoms with Gasteiger partial charge in [-0.05, 0) is 54.1 Å². The monoisotopic (exact) mass is 746 g/mol. The van der Waals surface area contributed by atoms with E-state index in [9.17, 15) is 52.4 Å². The van der Waals surface area contributed by atoms with Crippen LogP contribution in [0.3, 0.4) is 0 Å². The number of anilines is 2. The molecule has 0 radical (unpaired) electrons. The molecule has 46 heavy (non-hydrogen) atoms. The van der Waals surface area contributed by atoms with E-state index in [1.165, 1.54) is 36.4 Å². The average Bonchev–Trinajstić information content (AvgIpc) is 3.63. The van der Waals surface area contributed by atoms with Crippen LogP contribution in [0, 0.1) is 0 Å². The number of thiophene rings is 2. The zero-order chi connectivity index (χ0) is 34.4. The van der Waals surface area contributed by atoms with Gasteiger partial charge in [0.2, 0.25) is 0 Å². The molecule has 4 N–H and O–H groups in total. The fourth-order valence-corrected chi connectivity index (χ4v) is 9.07. The number of sulfone groups is 2. The van der Waals surface area contributed by atoms with Crippen molar-refractivity contribution in [2.24, 2.45) is 0 Å². The molecule has 0 saturated heterocycles. The Balaban J connectivity index is 1.68. The van der Waals surface area contributed by atoms with Gasteiger partial charge in [-0.2, -0.15) is 16.8 Å². The third-order valence-electron chi connectivity index (χ3n) is 6.03. The second kappa shape index (κ2) is 12.4. The predicted molar refractivity (Wildman–Crippen MR) is 171 cm³/mol. The molecule has 0 atom stereocenters. The molecule has 0 bridgehead atoms. The second-order valence-electron chi connectivity index (χ2n) is 9.54. The fraction of sp³-hybridized carbons (Fsp3) is 0.0769. The maximum atomic E-state index is 12.7. The summed E-state index contributed by atoms with van der Waals surface area (Å²) in [7, 11) is -17.2. The van der Waals surface area contributed by atoms with Crippen LogP contribution in [0.25, 0.3) is 5.57 Å². The van der Waals surface area contributed by atoms with Gasteiger partial charge in [0.25, 0.3) is 32.1 Å². The van der Waals surface area contributed by atoms with Gasteiger partial charge in [0, 0.05) is 35.0 Å². The molecule has 14 nitrogen and oxygen atoms in total. The number of rotatable bonds is 10. The van der Waals surface area contributed by atoms with Crippen LogP contribution in [0.5, 0.6) is 0 Å². The van der Waals surface area contributed by atoms with Crippen molar-refractivity contribution in [2.75, 3.05) is 23.1 Å². The van der Waals surface area contributed by atoms with Crippen LogP contribution >= 0.6 is 22.7 Å². The highest BCUT2D eigenvalue weighted by Crippen LogP contribution is 2.35. The highest BCUT2D eigenvalue weighted by Gasteiger charge is 2.25. The Morgan fingerprint density at radius 3 is 1.24 bits per heavy atom. The molecule has 0 spiro atoms. The standard InChI is InChI=1S/C26H22N2O12S6/c1-14(17-6-4-15(12-21(17)45(35,36)37)27-25(29)19-8-10-23(41-19)43(2,31)32)18-7-5-16(13-22(18)46(38,39)40)28-26(30)20-9-11-24(42-20)44(3,33)34/h4-13H,1H2,2-3H3,(H,27,29)(H,28,30)(H,35,36,37)(H,38,39,40). The van der Waals surface area contributed by atoms with Crippen LogP contribution in [-0.4, -0.2) is 67.1 Å². The quantitative estimate of drug-likeness (QED) is 0.170. The highest BCUT2D eigenvalue weighted by molar-refractivity contribution is 7.93. The normalized spacial score (nSPS) is 12.4. The highest BCUT2D eigenvalue weighted by atomic mass is 32.2. The van der Waals surface area contributed by atoms with Gasteiger partial charge in [-0.15, -0.1) is 22.7 Å². The van der Waals surface area contributed by atoms with E-state index in [1.807, 2.05) is 0 Å². The van der Waals surface area contributed by atoms with Crippen molar-refractivity contribution < 1.29 is 52.4 Å². The van der Waals surface area contributed by atoms with Gasteiger partial charge in [-0.3, -0.25) is 18.7 Å². The lowest BCUT2D eigenvalue weighted by atomic mass is 9.98. The Hall–Kier alpha value is -3.76. The largest absolute Gasteiger partial charge is 0.321 e. The number of carbonyl (C=O) groups excluding carboxylic acids is 2. The number of benzene rings is 2. The Kier molecular flexibility index (Phi) is 9.50. The Bertz CT molecular complexity index is 2210. The minimum Gasteiger partial charge on any atom is -0.321 e. The number of amides is 2. The number of hydrogen-bond acceptors (Lipinski definition) is 12. The van der Waals surface area contributed by atoms with E-state index in [0.29, 0.717) is 22.7 Å². The van der Waals surface area contributed by atoms with E-state index < -0.39 is 61.5 Å². The summed E-state index contributed by atoms with van der Waals surface area (Å²) in [5.41, 5.74) is -1.20. The number of nitrogens with one attached hydrogen (secondary N) is 2. The van der Waals surface area contributed by atoms with E-state index in [-0.39, 0.29) is 46.2 Å². The molecular weight excluding hydrogens is 725 g/mol. The average molecular weight is 747 g/mol. The van der Waals surface area contributed by atoms with Crippen LogP contribution in [0.4, 0.5) is 11.4 Å². The predicted octanol–water partition coefficient (Wildman–Crippen LogP) is 3.68. The molecule has 2 amide bonds. The topological polar surface area (TPSA) is 235 Å². The molecule has 0 unspecified atom stereocenters. The van der Waals surface area contributed by atoms with Crippen molar-refractivity contribution in [1.29, 1.82) is 0 Å². The molecule has 4 aromatic rings. The fourth-order valence-electron chi connectivity index (χ4n) is 3.94. The molecule has 4 rings (SSSR count). The van der Waals surface area contributed by atoms with Gasteiger partial charge in [-0.25, -0.2) is 16.8 Å². The SMILES string of the molecule is C=C(c1ccc(NC(=O)c2ccc(S(C)(=O)=O)s2)cc1S(=O)(=O)O)c1ccc(NC(=O)c2ccc(S(C)(=O)=O)s2)cc1S(=O)(=O)O. The molecule has 0 fully saturated rings. The van der Waals surface area contributed by atoms with E-state index in [1.54, 1.807) is 0 Å². The summed E-state index contributed by atoms with van der Waals surface area (Å²) in [5.74, 6) is -1.57. The van der Waals surface area contributed by atoms with Crippen molar-refractivity contribution in [1.82, 2.24) is 0 Å². The third-order valence-corrected chi connectivity index (χ3v) is 13.6. The maximum Gasteiger partial charge on any atom is 0.295 e. The summed E-state index contributed by atoms with van der Waals surface area (Å²) in [6.07, 6.45) is 1.93. The van der Waals surface area contributed by atoms with Crippen LogP contribution in [-0.2, 0) is 39.9 Å². The van der Waals surface area contributed by atoms with Crippen LogP contribution < -0.4 is 10.6 Å². The molecule has 2 aromatic heterocycles. The smallest absolute Gasteiger partial charge is 0.295 e. The Morgan fingerprint density at radius 2 is 0.957 bits per heavy atom. The summed E-state index contributed by atoms with van der Waals surface area (Å²) >= 11 is 1.36. The third kappa shape index (κ3) is 7.96. The summed E-state index contributed by atoms with van der Waals surface area (Å²) in [6.45, 7) is 3.74. The summed E-state index contributed by atoms with van der Waals surface area (Å²) < 4.78 is 116. The number of carbonyl (C=O) groups is 2. The van der Waals surface area contributed by atoms with Crippen molar-refractivity contribution in [3.63, 3.8) is 0 Å². The minimum atomic E-state index is -5.04. The van der Waals surface area contributed by atoms with Gasteiger partial charge in [-0.1, -0.05) is 18.7 Å². The van der Waals surface area contributed by atoms with Crippen molar-refractivity contribution in [3.05, 3.63) is 88.1 Å². The molecule has 0 aliphatic rings. The molecule has 0 aliphatic carbocycles. The first-order valence-electron chi connectivity index (χ1n) is 12.2. The lowest BCUT2D eigenvalue weighted by Crippen LogP contribution is -2.13. The lowest BCUT2D eigenvalue weighted by molar-refractivity contribution is 0.102. The lowest BCUT2D eigenvalue weighted by Gasteiger charge is -2.16. The number of hydrogen-bond donors (Lipinski definition) is 4. The summed E-state index contributed by atoms with van der Waals surface area (Å²) in [6, 6.07) is 11.3. The van der Waals surface area contributed by atoms with E-state index in [4.69, 9.17) is 0 Å². The first-order valence-corrected chi connectivity index (χ1v) is 20.5. The van der Waals surface area contributed by atoms with Crippen LogP contribution in [0.1, 0.15) is 30.5 Å². The van der Waals surface area contributed by atoms with Gasteiger partial charge >= 0.3 is 0 Å². The van der Waals surface area contributed by atoms with Crippen LogP contribution in [0.2, 0.25) is 0 Å². The maximum absolute atomic E-state index is 12.7. The van der Waals surface area contributed by atoms with Crippen molar-refractivity contribution in [3.8, 4) is 0 Å². The van der Waals surface area contributed by atoms with Crippen molar-refractivity contribution >= 4 is 91.3 Å². The van der Waals surface area contributed by atoms with Gasteiger partial charge < -0.3 is 10.6 Å². The first-order chi connectivity index (χ1) is 21.1. The van der Waals surface area contributed by atoms with Gasteiger partial charge in [0.1, 0.15) is 18.2 Å². The molecule has 0 saturated carbocycles. The van der Waals surface area contributed by atoms with E-state index >= 15 is 0 Å². The van der Waals surface area contributed by atoms with E-state index in [2.05, 4.69) is 17.2 Å². The Morgan fingerprint density at radius 1 is 0.609 bits per heavy atom. The second-order valence-corrected chi connectivity index (χ2v) is 19.0. The summed E-state index contributed by atoms with van der Waals surface area (Å²) in [5, 5.41) is 4.78. The van der Waals surface area contributed by atoms with Crippen LogP contribution in [0.15, 0.2) is 85.5 Å². The Labute approximate surface area is 271 Å². The molecule has 0 aliphatic heterocycles. The molecule has 244 valence electrons. The summed E-state index contributed by atoms with van der Waals surface area (Å²) in [4.78, 5) is 23.7. The molecule has 20 heteroatoms. The van der Waals surface area contributed by atoms with Crippen molar-refractivity contribution in [2.45, 2.75) is 18.2 Å². The minimum absolute atomic E-state index is 0.0118. The molecule has 2 aromatic carbocycles. The molecular formula is C26H22N2O12S6. The van der Waals surface area contributed by atoms with Gasteiger partial charge in [0.05, 0.1) is 9.75 Å². The molecule has 2 heterocycles. The van der Waals surface area contributed by atoms with Gasteiger partial charge in [0.15, 0.2) is 19.7 Å². The first kappa shape index (κ1) is 35.1. The zero-order valence-corrected chi connectivity index (χ0v) is 28.3. The van der Waals surface area contributed by atoms with E-state index in [0.717, 1.165) is 36.8 Å². The zero-order valence-electron chi connectivity index (χ0n) is 23.4.